The zero-order valence-electron chi connectivity index (χ0n) is 20.1. The summed E-state index contributed by atoms with van der Waals surface area (Å²) in [4.78, 5) is 9.58. The Morgan fingerprint density at radius 3 is 2.71 bits per heavy atom. The molecule has 3 aromatic rings. The third-order valence-corrected chi connectivity index (χ3v) is 7.62. The van der Waals surface area contributed by atoms with Crippen molar-refractivity contribution in [3.05, 3.63) is 65.0 Å². The van der Waals surface area contributed by atoms with Gasteiger partial charge in [-0.05, 0) is 32.0 Å². The third kappa shape index (κ3) is 4.91. The zero-order valence-corrected chi connectivity index (χ0v) is 20.9. The van der Waals surface area contributed by atoms with E-state index in [0.29, 0.717) is 17.9 Å². The van der Waals surface area contributed by atoms with Crippen LogP contribution in [0.15, 0.2) is 53.9 Å². The van der Waals surface area contributed by atoms with Crippen LogP contribution in [0.1, 0.15) is 31.0 Å². The molecule has 0 amide bonds. The smallest absolute Gasteiger partial charge is 0.186 e. The van der Waals surface area contributed by atoms with E-state index in [4.69, 9.17) is 14.5 Å². The maximum atomic E-state index is 11.6. The Morgan fingerprint density at radius 2 is 1.97 bits per heavy atom. The van der Waals surface area contributed by atoms with E-state index in [1.165, 1.54) is 0 Å². The van der Waals surface area contributed by atoms with Crippen molar-refractivity contribution in [2.45, 2.75) is 31.6 Å². The van der Waals surface area contributed by atoms with E-state index >= 15 is 0 Å². The number of aromatic nitrogens is 1. The van der Waals surface area contributed by atoms with E-state index in [0.717, 1.165) is 54.8 Å². The fourth-order valence-corrected chi connectivity index (χ4v) is 5.64. The van der Waals surface area contributed by atoms with E-state index in [1.807, 2.05) is 44.2 Å². The van der Waals surface area contributed by atoms with Gasteiger partial charge in [0, 0.05) is 42.7 Å². The van der Waals surface area contributed by atoms with Crippen molar-refractivity contribution in [1.29, 1.82) is 5.26 Å². The van der Waals surface area contributed by atoms with Gasteiger partial charge in [0.2, 0.25) is 0 Å². The van der Waals surface area contributed by atoms with Crippen LogP contribution in [0.3, 0.4) is 0 Å². The molecule has 1 N–H and O–H groups in total. The molecule has 0 radical (unpaired) electrons. The van der Waals surface area contributed by atoms with Gasteiger partial charge in [-0.1, -0.05) is 30.3 Å². The Balaban J connectivity index is 1.55. The number of aliphatic hydroxyl groups is 1. The van der Waals surface area contributed by atoms with Gasteiger partial charge in [-0.15, -0.1) is 11.3 Å². The average molecular weight is 491 g/mol. The van der Waals surface area contributed by atoms with Gasteiger partial charge in [-0.3, -0.25) is 4.90 Å². The molecule has 2 aromatic carbocycles. The predicted octanol–water partition coefficient (Wildman–Crippen LogP) is 4.09. The number of fused-ring (bicyclic) bond motifs is 1. The normalized spacial score (nSPS) is 21.5. The lowest BCUT2D eigenvalue weighted by molar-refractivity contribution is -0.0591. The van der Waals surface area contributed by atoms with Crippen molar-refractivity contribution >= 4 is 16.5 Å². The standard InChI is InChI=1S/C27H30N4O3S/c1-27(2)25(32)24(21-16-19(17-28)8-9-23(21)34-27)31(11-10-30-12-14-33-15-13-30)26-29-22(18-35-26)20-6-4-3-5-7-20/h3-9,16,18,24-25,32H,10-15H2,1-2H3/t24?,25-/m1/s1. The molecule has 7 nitrogen and oxygen atoms in total. The monoisotopic (exact) mass is 490 g/mol. The van der Waals surface area contributed by atoms with Crippen LogP contribution in [0.4, 0.5) is 5.13 Å². The summed E-state index contributed by atoms with van der Waals surface area (Å²) < 4.78 is 11.7. The van der Waals surface area contributed by atoms with Crippen LogP contribution in [0, 0.1) is 11.3 Å². The van der Waals surface area contributed by atoms with Gasteiger partial charge in [0.1, 0.15) is 17.5 Å². The minimum atomic E-state index is -0.822. The van der Waals surface area contributed by atoms with Crippen molar-refractivity contribution in [3.63, 3.8) is 0 Å². The summed E-state index contributed by atoms with van der Waals surface area (Å²) in [6.45, 7) is 8.55. The lowest BCUT2D eigenvalue weighted by atomic mass is 9.85. The van der Waals surface area contributed by atoms with E-state index in [2.05, 4.69) is 33.4 Å². The van der Waals surface area contributed by atoms with Crippen LogP contribution in [0.5, 0.6) is 5.75 Å². The topological polar surface area (TPSA) is 81.9 Å². The molecule has 0 spiro atoms. The summed E-state index contributed by atoms with van der Waals surface area (Å²) in [5.41, 5.74) is 2.52. The number of nitriles is 1. The summed E-state index contributed by atoms with van der Waals surface area (Å²) in [5, 5.41) is 24.1. The quantitative estimate of drug-likeness (QED) is 0.557. The molecular weight excluding hydrogens is 460 g/mol. The Labute approximate surface area is 210 Å². The first-order valence-electron chi connectivity index (χ1n) is 11.9. The molecule has 0 bridgehead atoms. The first-order chi connectivity index (χ1) is 17.0. The maximum Gasteiger partial charge on any atom is 0.186 e. The van der Waals surface area contributed by atoms with Gasteiger partial charge in [0.15, 0.2) is 5.13 Å². The highest BCUT2D eigenvalue weighted by Crippen LogP contribution is 2.45. The Kier molecular flexibility index (Phi) is 6.76. The van der Waals surface area contributed by atoms with Crippen LogP contribution in [-0.4, -0.2) is 66.1 Å². The van der Waals surface area contributed by atoms with Gasteiger partial charge in [0.05, 0.1) is 36.6 Å². The molecule has 3 heterocycles. The summed E-state index contributed by atoms with van der Waals surface area (Å²) in [6.07, 6.45) is -0.822. The minimum Gasteiger partial charge on any atom is -0.485 e. The van der Waals surface area contributed by atoms with Crippen LogP contribution < -0.4 is 9.64 Å². The first-order valence-corrected chi connectivity index (χ1v) is 12.8. The molecule has 35 heavy (non-hydrogen) atoms. The predicted molar refractivity (Wildman–Crippen MR) is 137 cm³/mol. The highest BCUT2D eigenvalue weighted by atomic mass is 32.1. The van der Waals surface area contributed by atoms with Crippen molar-refractivity contribution in [2.75, 3.05) is 44.3 Å². The van der Waals surface area contributed by atoms with Crippen LogP contribution in [-0.2, 0) is 4.74 Å². The lowest BCUT2D eigenvalue weighted by Gasteiger charge is -2.46. The van der Waals surface area contributed by atoms with E-state index < -0.39 is 17.7 Å². The number of nitrogens with zero attached hydrogens (tertiary/aromatic N) is 4. The molecule has 8 heteroatoms. The second-order valence-corrected chi connectivity index (χ2v) is 10.3. The highest BCUT2D eigenvalue weighted by molar-refractivity contribution is 7.14. The van der Waals surface area contributed by atoms with E-state index in [-0.39, 0.29) is 0 Å². The van der Waals surface area contributed by atoms with Crippen molar-refractivity contribution in [2.24, 2.45) is 0 Å². The van der Waals surface area contributed by atoms with Gasteiger partial charge in [-0.25, -0.2) is 4.98 Å². The number of thiazole rings is 1. The molecule has 5 rings (SSSR count). The SMILES string of the molecule is CC1(C)Oc2ccc(C#N)cc2C(N(CCN2CCOCC2)c2nc(-c3ccccc3)cs2)[C@H]1O. The van der Waals surface area contributed by atoms with Crippen LogP contribution in [0.2, 0.25) is 0 Å². The summed E-state index contributed by atoms with van der Waals surface area (Å²) in [5.74, 6) is 0.695. The van der Waals surface area contributed by atoms with Crippen molar-refractivity contribution < 1.29 is 14.6 Å². The van der Waals surface area contributed by atoms with Gasteiger partial charge in [-0.2, -0.15) is 5.26 Å². The first kappa shape index (κ1) is 23.8. The molecule has 1 fully saturated rings. The zero-order chi connectivity index (χ0) is 24.4. The number of morpholine rings is 1. The molecule has 1 aromatic heterocycles. The molecule has 2 aliphatic heterocycles. The minimum absolute atomic E-state index is 0.405. The van der Waals surface area contributed by atoms with Gasteiger partial charge in [0.25, 0.3) is 0 Å². The number of hydrogen-bond acceptors (Lipinski definition) is 8. The number of hydrogen-bond donors (Lipinski definition) is 1. The summed E-state index contributed by atoms with van der Waals surface area (Å²) in [7, 11) is 0. The van der Waals surface area contributed by atoms with Crippen molar-refractivity contribution in [3.8, 4) is 23.1 Å². The second kappa shape index (κ2) is 9.96. The molecule has 1 saturated heterocycles. The Morgan fingerprint density at radius 1 is 1.20 bits per heavy atom. The summed E-state index contributed by atoms with van der Waals surface area (Å²) in [6, 6.07) is 17.4. The number of benzene rings is 2. The third-order valence-electron chi connectivity index (χ3n) is 6.75. The Bertz CT molecular complexity index is 1200. The average Bonchev–Trinajstić information content (AvgIpc) is 3.37. The summed E-state index contributed by atoms with van der Waals surface area (Å²) >= 11 is 1.57. The second-order valence-electron chi connectivity index (χ2n) is 9.49. The van der Waals surface area contributed by atoms with Crippen molar-refractivity contribution in [1.82, 2.24) is 9.88 Å². The molecule has 0 aliphatic carbocycles. The molecule has 1 unspecified atom stereocenters. The largest absolute Gasteiger partial charge is 0.485 e. The van der Waals surface area contributed by atoms with Gasteiger partial charge < -0.3 is 19.5 Å². The number of aliphatic hydroxyl groups excluding tert-OH is 1. The lowest BCUT2D eigenvalue weighted by Crippen LogP contribution is -2.55. The Hall–Kier alpha value is -2.96. The van der Waals surface area contributed by atoms with Crippen LogP contribution in [0.25, 0.3) is 11.3 Å². The van der Waals surface area contributed by atoms with Crippen LogP contribution >= 0.6 is 11.3 Å². The molecular formula is C27H30N4O3S. The van der Waals surface area contributed by atoms with E-state index in [1.54, 1.807) is 17.4 Å². The molecule has 2 atom stereocenters. The number of ether oxygens (including phenoxy) is 2. The fraction of sp³-hybridized carbons (Fsp3) is 0.407. The fourth-order valence-electron chi connectivity index (χ4n) is 4.74. The van der Waals surface area contributed by atoms with Gasteiger partial charge >= 0.3 is 0 Å². The van der Waals surface area contributed by atoms with E-state index in [9.17, 15) is 10.4 Å². The highest BCUT2D eigenvalue weighted by Gasteiger charge is 2.46. The molecule has 2 aliphatic rings. The number of rotatable bonds is 6. The maximum absolute atomic E-state index is 11.6. The molecule has 0 saturated carbocycles. The molecule has 182 valence electrons. The number of anilines is 1.